The topological polar surface area (TPSA) is 24.5 Å². The van der Waals surface area contributed by atoms with Crippen LogP contribution in [0.25, 0.3) is 0 Å². The molecule has 2 fully saturated rings. The summed E-state index contributed by atoms with van der Waals surface area (Å²) in [5.41, 5.74) is 0. The highest BCUT2D eigenvalue weighted by Crippen LogP contribution is 2.17. The van der Waals surface area contributed by atoms with E-state index in [1.165, 1.54) is 32.2 Å². The van der Waals surface area contributed by atoms with Crippen LogP contribution in [0.5, 0.6) is 0 Å². The Morgan fingerprint density at radius 2 is 1.93 bits per heavy atom. The fourth-order valence-electron chi connectivity index (χ4n) is 2.43. The van der Waals surface area contributed by atoms with Crippen LogP contribution in [0.2, 0.25) is 0 Å². The Morgan fingerprint density at radius 1 is 1.14 bits per heavy atom. The zero-order valence-electron chi connectivity index (χ0n) is 9.17. The van der Waals surface area contributed by atoms with Crippen molar-refractivity contribution < 1.29 is 4.74 Å². The number of hydrogen-bond acceptors (Lipinski definition) is 3. The third kappa shape index (κ3) is 2.94. The van der Waals surface area contributed by atoms with Crippen molar-refractivity contribution in [2.75, 3.05) is 33.2 Å². The van der Waals surface area contributed by atoms with Crippen LogP contribution < -0.4 is 5.32 Å². The van der Waals surface area contributed by atoms with Gasteiger partial charge in [-0.3, -0.25) is 0 Å². The van der Waals surface area contributed by atoms with Gasteiger partial charge in [-0.1, -0.05) is 0 Å². The molecule has 2 saturated heterocycles. The highest BCUT2D eigenvalue weighted by molar-refractivity contribution is 4.75. The Labute approximate surface area is 86.8 Å². The van der Waals surface area contributed by atoms with Gasteiger partial charge in [-0.05, 0) is 52.4 Å². The minimum atomic E-state index is 0.497. The zero-order chi connectivity index (χ0) is 9.80. The second-order valence-corrected chi connectivity index (χ2v) is 4.61. The Hall–Kier alpha value is -0.120. The number of rotatable bonds is 2. The van der Waals surface area contributed by atoms with E-state index in [4.69, 9.17) is 4.74 Å². The van der Waals surface area contributed by atoms with Crippen molar-refractivity contribution in [3.8, 4) is 0 Å². The second-order valence-electron chi connectivity index (χ2n) is 4.61. The maximum Gasteiger partial charge on any atom is 0.0706 e. The molecular formula is C11H22N2O. The predicted octanol–water partition coefficient (Wildman–Crippen LogP) is 0.849. The Kier molecular flexibility index (Phi) is 3.79. The largest absolute Gasteiger partial charge is 0.374 e. The van der Waals surface area contributed by atoms with Gasteiger partial charge in [-0.15, -0.1) is 0 Å². The quantitative estimate of drug-likeness (QED) is 0.712. The van der Waals surface area contributed by atoms with Crippen molar-refractivity contribution in [2.45, 2.75) is 37.9 Å². The van der Waals surface area contributed by atoms with Gasteiger partial charge in [0.1, 0.15) is 0 Å². The first-order valence-corrected chi connectivity index (χ1v) is 5.89. The molecule has 2 aliphatic rings. The summed E-state index contributed by atoms with van der Waals surface area (Å²) >= 11 is 0. The molecule has 0 radical (unpaired) electrons. The Bertz CT molecular complexity index is 169. The zero-order valence-corrected chi connectivity index (χ0v) is 9.17. The number of likely N-dealkylation sites (tertiary alicyclic amines) is 1. The summed E-state index contributed by atoms with van der Waals surface area (Å²) in [7, 11) is 2.19. The maximum atomic E-state index is 6.12. The second kappa shape index (κ2) is 5.10. The van der Waals surface area contributed by atoms with Crippen molar-refractivity contribution in [1.29, 1.82) is 0 Å². The first-order valence-electron chi connectivity index (χ1n) is 5.89. The van der Waals surface area contributed by atoms with Gasteiger partial charge >= 0.3 is 0 Å². The van der Waals surface area contributed by atoms with E-state index < -0.39 is 0 Å². The third-order valence-corrected chi connectivity index (χ3v) is 3.25. The minimum Gasteiger partial charge on any atom is -0.374 e. The lowest BCUT2D eigenvalue weighted by molar-refractivity contribution is -0.0541. The van der Waals surface area contributed by atoms with Crippen molar-refractivity contribution in [3.05, 3.63) is 0 Å². The molecule has 0 aromatic carbocycles. The fourth-order valence-corrected chi connectivity index (χ4v) is 2.43. The average Bonchev–Trinajstić information content (AvgIpc) is 2.19. The molecule has 0 bridgehead atoms. The lowest BCUT2D eigenvalue weighted by atomic mass is 10.1. The summed E-state index contributed by atoms with van der Waals surface area (Å²) < 4.78 is 6.12. The van der Waals surface area contributed by atoms with Gasteiger partial charge in [-0.25, -0.2) is 0 Å². The van der Waals surface area contributed by atoms with Crippen molar-refractivity contribution in [2.24, 2.45) is 0 Å². The molecule has 1 unspecified atom stereocenters. The van der Waals surface area contributed by atoms with Crippen LogP contribution in [-0.4, -0.2) is 50.3 Å². The van der Waals surface area contributed by atoms with E-state index in [0.29, 0.717) is 12.2 Å². The van der Waals surface area contributed by atoms with Gasteiger partial charge in [0, 0.05) is 6.54 Å². The van der Waals surface area contributed by atoms with Crippen LogP contribution in [0.15, 0.2) is 0 Å². The van der Waals surface area contributed by atoms with Gasteiger partial charge in [0.15, 0.2) is 0 Å². The molecular weight excluding hydrogens is 176 g/mol. The molecule has 3 nitrogen and oxygen atoms in total. The van der Waals surface area contributed by atoms with E-state index in [9.17, 15) is 0 Å². The van der Waals surface area contributed by atoms with E-state index in [2.05, 4.69) is 17.3 Å². The van der Waals surface area contributed by atoms with Crippen LogP contribution in [0, 0.1) is 0 Å². The van der Waals surface area contributed by atoms with Crippen LogP contribution in [0.4, 0.5) is 0 Å². The highest BCUT2D eigenvalue weighted by atomic mass is 16.5. The van der Waals surface area contributed by atoms with E-state index in [-0.39, 0.29) is 0 Å². The Morgan fingerprint density at radius 3 is 2.64 bits per heavy atom. The molecule has 0 aromatic heterocycles. The molecule has 2 rings (SSSR count). The molecule has 0 spiro atoms. The number of nitrogens with zero attached hydrogens (tertiary/aromatic N) is 1. The molecule has 2 aliphatic heterocycles. The SMILES string of the molecule is CN1CCCC(OC2CCNCC2)C1. The molecule has 82 valence electrons. The monoisotopic (exact) mass is 198 g/mol. The van der Waals surface area contributed by atoms with Gasteiger partial charge in [0.25, 0.3) is 0 Å². The highest BCUT2D eigenvalue weighted by Gasteiger charge is 2.22. The van der Waals surface area contributed by atoms with Crippen LogP contribution in [0.1, 0.15) is 25.7 Å². The molecule has 2 heterocycles. The molecule has 1 atom stereocenters. The Balaban J connectivity index is 1.72. The first kappa shape index (κ1) is 10.4. The molecule has 0 amide bonds. The lowest BCUT2D eigenvalue weighted by Crippen LogP contribution is -2.41. The van der Waals surface area contributed by atoms with Crippen molar-refractivity contribution in [1.82, 2.24) is 10.2 Å². The van der Waals surface area contributed by atoms with Crippen LogP contribution >= 0.6 is 0 Å². The predicted molar refractivity (Wildman–Crippen MR) is 57.5 cm³/mol. The van der Waals surface area contributed by atoms with Crippen LogP contribution in [-0.2, 0) is 4.74 Å². The first-order chi connectivity index (χ1) is 6.84. The number of ether oxygens (including phenoxy) is 1. The molecule has 3 heteroatoms. The summed E-state index contributed by atoms with van der Waals surface area (Å²) in [6, 6.07) is 0. The fraction of sp³-hybridized carbons (Fsp3) is 1.00. The number of likely N-dealkylation sites (N-methyl/N-ethyl adjacent to an activating group) is 1. The summed E-state index contributed by atoms with van der Waals surface area (Å²) in [4.78, 5) is 2.38. The van der Waals surface area contributed by atoms with Gasteiger partial charge in [-0.2, -0.15) is 0 Å². The van der Waals surface area contributed by atoms with E-state index >= 15 is 0 Å². The molecule has 14 heavy (non-hydrogen) atoms. The maximum absolute atomic E-state index is 6.12. The van der Waals surface area contributed by atoms with E-state index in [1.807, 2.05) is 0 Å². The van der Waals surface area contributed by atoms with Gasteiger partial charge in [0.05, 0.1) is 12.2 Å². The van der Waals surface area contributed by atoms with Crippen molar-refractivity contribution >= 4 is 0 Å². The summed E-state index contributed by atoms with van der Waals surface area (Å²) in [6.45, 7) is 4.64. The molecule has 0 aliphatic carbocycles. The number of hydrogen-bond donors (Lipinski definition) is 1. The molecule has 0 saturated carbocycles. The summed E-state index contributed by atoms with van der Waals surface area (Å²) in [5.74, 6) is 0. The van der Waals surface area contributed by atoms with E-state index in [0.717, 1.165) is 19.6 Å². The van der Waals surface area contributed by atoms with Gasteiger partial charge < -0.3 is 15.0 Å². The summed E-state index contributed by atoms with van der Waals surface area (Å²) in [5, 5.41) is 3.37. The minimum absolute atomic E-state index is 0.497. The van der Waals surface area contributed by atoms with E-state index in [1.54, 1.807) is 0 Å². The molecule has 0 aromatic rings. The molecule has 1 N–H and O–H groups in total. The summed E-state index contributed by atoms with van der Waals surface area (Å²) in [6.07, 6.45) is 5.96. The normalized spacial score (nSPS) is 31.9. The van der Waals surface area contributed by atoms with Gasteiger partial charge in [0.2, 0.25) is 0 Å². The smallest absolute Gasteiger partial charge is 0.0706 e. The number of nitrogens with one attached hydrogen (secondary N) is 1. The lowest BCUT2D eigenvalue weighted by Gasteiger charge is -2.33. The average molecular weight is 198 g/mol. The van der Waals surface area contributed by atoms with Crippen LogP contribution in [0.3, 0.4) is 0 Å². The number of piperidine rings is 2. The third-order valence-electron chi connectivity index (χ3n) is 3.25. The standard InChI is InChI=1S/C11H22N2O/c1-13-8-2-3-11(9-13)14-10-4-6-12-7-5-10/h10-12H,2-9H2,1H3. The van der Waals surface area contributed by atoms with Crippen molar-refractivity contribution in [3.63, 3.8) is 0 Å².